The van der Waals surface area contributed by atoms with E-state index >= 15 is 0 Å². The molecule has 1 fully saturated rings. The Morgan fingerprint density at radius 2 is 2.03 bits per heavy atom. The van der Waals surface area contributed by atoms with Crippen LogP contribution in [0.5, 0.6) is 11.5 Å². The zero-order chi connectivity index (χ0) is 26.6. The van der Waals surface area contributed by atoms with Gasteiger partial charge >= 0.3 is 5.63 Å². The fourth-order valence-corrected chi connectivity index (χ4v) is 4.28. The summed E-state index contributed by atoms with van der Waals surface area (Å²) in [5.41, 5.74) is -0.473. The van der Waals surface area contributed by atoms with Crippen molar-refractivity contribution in [2.45, 2.75) is 57.9 Å². The first-order valence-corrected chi connectivity index (χ1v) is 12.5. The van der Waals surface area contributed by atoms with Crippen molar-refractivity contribution in [3.8, 4) is 11.5 Å². The monoisotopic (exact) mass is 569 g/mol. The first kappa shape index (κ1) is 28.1. The van der Waals surface area contributed by atoms with Gasteiger partial charge in [-0.3, -0.25) is 0 Å². The highest BCUT2D eigenvalue weighted by atomic mass is 79.9. The molecule has 4 atom stereocenters. The molecular weight excluding hydrogens is 538 g/mol. The van der Waals surface area contributed by atoms with Crippen LogP contribution in [0.2, 0.25) is 0 Å². The summed E-state index contributed by atoms with van der Waals surface area (Å²) in [4.78, 5) is 18.2. The Hall–Kier alpha value is -2.44. The van der Waals surface area contributed by atoms with Gasteiger partial charge in [0.05, 0.1) is 16.7 Å². The van der Waals surface area contributed by atoms with Gasteiger partial charge in [0.15, 0.2) is 0 Å². The lowest BCUT2D eigenvalue weighted by Gasteiger charge is -2.46. The van der Waals surface area contributed by atoms with Gasteiger partial charge in [0.2, 0.25) is 6.29 Å². The molecule has 1 aliphatic rings. The van der Waals surface area contributed by atoms with Gasteiger partial charge in [0.25, 0.3) is 0 Å². The summed E-state index contributed by atoms with van der Waals surface area (Å²) in [5.74, 6) is 0.565. The third-order valence-corrected chi connectivity index (χ3v) is 6.17. The fourth-order valence-electron chi connectivity index (χ4n) is 4.14. The lowest BCUT2D eigenvalue weighted by atomic mass is 9.89. The summed E-state index contributed by atoms with van der Waals surface area (Å²) in [6, 6.07) is 3.32. The summed E-state index contributed by atoms with van der Waals surface area (Å²) >= 11 is 3.25. The highest BCUT2D eigenvalue weighted by Gasteiger charge is 2.50. The van der Waals surface area contributed by atoms with E-state index in [1.165, 1.54) is 7.11 Å². The Morgan fingerprint density at radius 1 is 1.31 bits per heavy atom. The van der Waals surface area contributed by atoms with Gasteiger partial charge in [-0.15, -0.1) is 0 Å². The molecule has 0 spiro atoms. The maximum atomic E-state index is 13.0. The molecule has 36 heavy (non-hydrogen) atoms. The molecule has 0 aliphatic carbocycles. The van der Waals surface area contributed by atoms with E-state index in [9.17, 15) is 15.0 Å². The normalized spacial score (nSPS) is 23.9. The molecule has 1 aliphatic heterocycles. The van der Waals surface area contributed by atoms with Crippen LogP contribution in [0.3, 0.4) is 0 Å². The molecule has 2 heterocycles. The Bertz CT molecular complexity index is 1180. The minimum absolute atomic E-state index is 0.133. The smallest absolute Gasteiger partial charge is 0.349 e. The third kappa shape index (κ3) is 5.60. The lowest BCUT2D eigenvalue weighted by molar-refractivity contribution is -0.306. The van der Waals surface area contributed by atoms with Gasteiger partial charge in [0.1, 0.15) is 54.2 Å². The first-order valence-electron chi connectivity index (χ1n) is 11.4. The average Bonchev–Trinajstić information content (AvgIpc) is 2.82. The topological polar surface area (TPSA) is 129 Å². The van der Waals surface area contributed by atoms with Crippen molar-refractivity contribution in [2.24, 2.45) is 5.16 Å². The third-order valence-electron chi connectivity index (χ3n) is 5.85. The van der Waals surface area contributed by atoms with Gasteiger partial charge in [0, 0.05) is 18.0 Å². The van der Waals surface area contributed by atoms with Crippen LogP contribution in [0, 0.1) is 6.92 Å². The summed E-state index contributed by atoms with van der Waals surface area (Å²) < 4.78 is 28.7. The standard InChI is InChI=1S/C25H32BrNO9/c1-7-11-32-21-15-8-9-16(34-24-19(29)18(28)22(31-6)25(4,5)36-24)13(2)20(15)35-23(30)17(21)14(3)27-33-12-10-26/h7-9,18-19,22,24,28-29H,1,10-12H2,2-6H3/t18-,19+,22+,24+/m0/s1. The predicted octanol–water partition coefficient (Wildman–Crippen LogP) is 3.05. The molecule has 198 valence electrons. The van der Waals surface area contributed by atoms with Crippen LogP contribution < -0.4 is 15.1 Å². The Labute approximate surface area is 217 Å². The zero-order valence-electron chi connectivity index (χ0n) is 20.9. The van der Waals surface area contributed by atoms with E-state index in [4.69, 9.17) is 28.2 Å². The van der Waals surface area contributed by atoms with Crippen LogP contribution in [-0.2, 0) is 14.3 Å². The molecule has 0 amide bonds. The second-order valence-corrected chi connectivity index (χ2v) is 9.60. The fraction of sp³-hybridized carbons (Fsp3) is 0.520. The van der Waals surface area contributed by atoms with Gasteiger partial charge in [-0.25, -0.2) is 4.79 Å². The van der Waals surface area contributed by atoms with Crippen LogP contribution in [0.25, 0.3) is 11.0 Å². The molecule has 0 bridgehead atoms. The molecule has 1 aromatic heterocycles. The van der Waals surface area contributed by atoms with E-state index in [2.05, 4.69) is 27.7 Å². The molecule has 11 heteroatoms. The molecule has 0 radical (unpaired) electrons. The lowest BCUT2D eigenvalue weighted by Crippen LogP contribution is -2.63. The first-order chi connectivity index (χ1) is 17.1. The van der Waals surface area contributed by atoms with Crippen molar-refractivity contribution in [1.82, 2.24) is 0 Å². The van der Waals surface area contributed by atoms with Crippen molar-refractivity contribution in [2.75, 3.05) is 25.7 Å². The van der Waals surface area contributed by atoms with E-state index in [0.717, 1.165) is 0 Å². The van der Waals surface area contributed by atoms with E-state index in [0.29, 0.717) is 34.3 Å². The molecular formula is C25H32BrNO9. The molecule has 1 aromatic carbocycles. The molecule has 2 N–H and O–H groups in total. The number of halogens is 1. The molecule has 10 nitrogen and oxygen atoms in total. The molecule has 3 rings (SSSR count). The van der Waals surface area contributed by atoms with E-state index in [-0.39, 0.29) is 23.5 Å². The highest BCUT2D eigenvalue weighted by molar-refractivity contribution is 9.09. The number of nitrogens with zero attached hydrogens (tertiary/aromatic N) is 1. The summed E-state index contributed by atoms with van der Waals surface area (Å²) in [6.07, 6.45) is -3.00. The number of ether oxygens (including phenoxy) is 4. The van der Waals surface area contributed by atoms with Crippen molar-refractivity contribution in [1.29, 1.82) is 0 Å². The number of alkyl halides is 1. The SMILES string of the molecule is C=CCOc1c(C(C)=NOCCBr)c(=O)oc2c(C)c(O[C@@H]3OC(C)(C)[C@H](OC)[C@@H](O)[C@H]3O)ccc12. The number of oxime groups is 1. The second kappa shape index (κ2) is 11.7. The Kier molecular flexibility index (Phi) is 9.18. The highest BCUT2D eigenvalue weighted by Crippen LogP contribution is 2.37. The van der Waals surface area contributed by atoms with Crippen LogP contribution in [0.15, 0.2) is 39.2 Å². The number of aliphatic hydroxyl groups is 2. The Morgan fingerprint density at radius 3 is 2.67 bits per heavy atom. The second-order valence-electron chi connectivity index (χ2n) is 8.80. The molecule has 2 aromatic rings. The van der Waals surface area contributed by atoms with E-state index in [1.807, 2.05) is 0 Å². The minimum atomic E-state index is -1.38. The largest absolute Gasteiger partial charge is 0.488 e. The van der Waals surface area contributed by atoms with Crippen molar-refractivity contribution >= 4 is 32.6 Å². The average molecular weight is 570 g/mol. The maximum absolute atomic E-state index is 13.0. The zero-order valence-corrected chi connectivity index (χ0v) is 22.5. The van der Waals surface area contributed by atoms with Crippen molar-refractivity contribution in [3.05, 3.63) is 46.3 Å². The van der Waals surface area contributed by atoms with Gasteiger partial charge in [-0.05, 0) is 39.8 Å². The van der Waals surface area contributed by atoms with Crippen LogP contribution >= 0.6 is 15.9 Å². The Balaban J connectivity index is 2.05. The van der Waals surface area contributed by atoms with E-state index < -0.39 is 35.8 Å². The van der Waals surface area contributed by atoms with E-state index in [1.54, 1.807) is 45.9 Å². The maximum Gasteiger partial charge on any atom is 0.349 e. The van der Waals surface area contributed by atoms with Crippen LogP contribution in [-0.4, -0.2) is 71.8 Å². The molecule has 1 saturated heterocycles. The summed E-state index contributed by atoms with van der Waals surface area (Å²) in [6.45, 7) is 10.9. The van der Waals surface area contributed by atoms with Crippen LogP contribution in [0.4, 0.5) is 0 Å². The minimum Gasteiger partial charge on any atom is -0.488 e. The van der Waals surface area contributed by atoms with Gasteiger partial charge in [-0.2, -0.15) is 0 Å². The number of methoxy groups -OCH3 is 1. The quantitative estimate of drug-likeness (QED) is 0.111. The van der Waals surface area contributed by atoms with Gasteiger partial charge < -0.3 is 38.4 Å². The van der Waals surface area contributed by atoms with Crippen molar-refractivity contribution < 1.29 is 38.4 Å². The van der Waals surface area contributed by atoms with Crippen molar-refractivity contribution in [3.63, 3.8) is 0 Å². The number of aryl methyl sites for hydroxylation is 1. The number of rotatable bonds is 10. The molecule has 0 unspecified atom stereocenters. The summed E-state index contributed by atoms with van der Waals surface area (Å²) in [7, 11) is 1.43. The number of hydrogen-bond acceptors (Lipinski definition) is 10. The number of fused-ring (bicyclic) bond motifs is 1. The number of benzene rings is 1. The van der Waals surface area contributed by atoms with Gasteiger partial charge in [-0.1, -0.05) is 33.7 Å². The summed E-state index contributed by atoms with van der Waals surface area (Å²) in [5, 5.41) is 26.2. The van der Waals surface area contributed by atoms with Crippen LogP contribution in [0.1, 0.15) is 31.9 Å². The predicted molar refractivity (Wildman–Crippen MR) is 137 cm³/mol. The number of hydrogen-bond donors (Lipinski definition) is 2. The molecule has 0 saturated carbocycles. The number of aliphatic hydroxyl groups excluding tert-OH is 2.